The SMILES string of the molecule is COc1ccc(Br)c2c1C(C(=O)NS(=O)(=O)c1ccc(OC)c3ccccc13)CC2. The van der Waals surface area contributed by atoms with Gasteiger partial charge in [-0.2, -0.15) is 0 Å². The van der Waals surface area contributed by atoms with Crippen molar-refractivity contribution in [3.8, 4) is 11.5 Å². The minimum absolute atomic E-state index is 0.0340. The number of methoxy groups -OCH3 is 2. The van der Waals surface area contributed by atoms with Gasteiger partial charge in [0, 0.05) is 20.8 Å². The van der Waals surface area contributed by atoms with E-state index in [2.05, 4.69) is 20.7 Å². The van der Waals surface area contributed by atoms with Crippen LogP contribution < -0.4 is 14.2 Å². The molecule has 0 bridgehead atoms. The van der Waals surface area contributed by atoms with E-state index in [-0.39, 0.29) is 4.90 Å². The zero-order valence-electron chi connectivity index (χ0n) is 16.4. The van der Waals surface area contributed by atoms with Gasteiger partial charge in [0.15, 0.2) is 0 Å². The molecule has 8 heteroatoms. The Labute approximate surface area is 183 Å². The molecular formula is C22H20BrNO5S. The van der Waals surface area contributed by atoms with Crippen LogP contribution in [0.15, 0.2) is 57.9 Å². The molecule has 0 aromatic heterocycles. The molecule has 3 aromatic carbocycles. The van der Waals surface area contributed by atoms with Crippen molar-refractivity contribution in [3.05, 3.63) is 64.1 Å². The van der Waals surface area contributed by atoms with E-state index in [1.165, 1.54) is 20.3 Å². The smallest absolute Gasteiger partial charge is 0.264 e. The minimum atomic E-state index is -4.09. The number of amides is 1. The van der Waals surface area contributed by atoms with Crippen molar-refractivity contribution in [2.75, 3.05) is 14.2 Å². The highest BCUT2D eigenvalue weighted by atomic mass is 79.9. The summed E-state index contributed by atoms with van der Waals surface area (Å²) in [7, 11) is -1.02. The number of nitrogens with one attached hydrogen (secondary N) is 1. The summed E-state index contributed by atoms with van der Waals surface area (Å²) in [4.78, 5) is 13.1. The molecule has 1 unspecified atom stereocenters. The maximum atomic E-state index is 13.1. The molecule has 0 spiro atoms. The number of ether oxygens (including phenoxy) is 2. The Morgan fingerprint density at radius 3 is 2.37 bits per heavy atom. The Morgan fingerprint density at radius 2 is 1.67 bits per heavy atom. The first-order valence-corrected chi connectivity index (χ1v) is 11.6. The fourth-order valence-corrected chi connectivity index (χ4v) is 5.82. The highest BCUT2D eigenvalue weighted by molar-refractivity contribution is 9.10. The summed E-state index contributed by atoms with van der Waals surface area (Å²) in [5, 5.41) is 1.15. The van der Waals surface area contributed by atoms with E-state index in [0.29, 0.717) is 35.1 Å². The third-order valence-corrected chi connectivity index (χ3v) is 7.56. The lowest BCUT2D eigenvalue weighted by atomic mass is 10.00. The third-order valence-electron chi connectivity index (χ3n) is 5.42. The zero-order chi connectivity index (χ0) is 21.5. The largest absolute Gasteiger partial charge is 0.496 e. The first-order valence-electron chi connectivity index (χ1n) is 9.35. The van der Waals surface area contributed by atoms with Crippen LogP contribution in [0.4, 0.5) is 0 Å². The van der Waals surface area contributed by atoms with Crippen LogP contribution in [0.2, 0.25) is 0 Å². The first-order chi connectivity index (χ1) is 14.4. The topological polar surface area (TPSA) is 81.7 Å². The van der Waals surface area contributed by atoms with E-state index in [4.69, 9.17) is 9.47 Å². The summed E-state index contributed by atoms with van der Waals surface area (Å²) < 4.78 is 40.2. The van der Waals surface area contributed by atoms with Gasteiger partial charge in [-0.1, -0.05) is 40.2 Å². The third kappa shape index (κ3) is 3.44. The number of carbonyl (C=O) groups is 1. The predicted octanol–water partition coefficient (Wildman–Crippen LogP) is 4.15. The number of hydrogen-bond donors (Lipinski definition) is 1. The van der Waals surface area contributed by atoms with Crippen molar-refractivity contribution in [2.24, 2.45) is 0 Å². The molecule has 1 aliphatic rings. The summed E-state index contributed by atoms with van der Waals surface area (Å²) in [6.07, 6.45) is 1.18. The lowest BCUT2D eigenvalue weighted by Crippen LogP contribution is -2.34. The van der Waals surface area contributed by atoms with Gasteiger partial charge in [0.2, 0.25) is 5.91 Å². The summed E-state index contributed by atoms with van der Waals surface area (Å²) in [6, 6.07) is 13.7. The van der Waals surface area contributed by atoms with Gasteiger partial charge in [0.05, 0.1) is 25.0 Å². The molecule has 156 valence electrons. The van der Waals surface area contributed by atoms with Crippen molar-refractivity contribution in [1.29, 1.82) is 0 Å². The molecular weight excluding hydrogens is 470 g/mol. The minimum Gasteiger partial charge on any atom is -0.496 e. The summed E-state index contributed by atoms with van der Waals surface area (Å²) >= 11 is 3.51. The Morgan fingerprint density at radius 1 is 1.00 bits per heavy atom. The van der Waals surface area contributed by atoms with E-state index in [0.717, 1.165) is 15.6 Å². The van der Waals surface area contributed by atoms with E-state index >= 15 is 0 Å². The summed E-state index contributed by atoms with van der Waals surface area (Å²) in [6.45, 7) is 0. The highest BCUT2D eigenvalue weighted by Crippen LogP contribution is 2.43. The van der Waals surface area contributed by atoms with Gasteiger partial charge in [-0.3, -0.25) is 4.79 Å². The lowest BCUT2D eigenvalue weighted by Gasteiger charge is -2.17. The number of rotatable bonds is 5. The molecule has 3 aromatic rings. The summed E-state index contributed by atoms with van der Waals surface area (Å²) in [5.41, 5.74) is 1.71. The van der Waals surface area contributed by atoms with Gasteiger partial charge >= 0.3 is 0 Å². The molecule has 0 saturated carbocycles. The van der Waals surface area contributed by atoms with Gasteiger partial charge < -0.3 is 9.47 Å². The molecule has 0 saturated heterocycles. The van der Waals surface area contributed by atoms with Gasteiger partial charge in [-0.25, -0.2) is 13.1 Å². The van der Waals surface area contributed by atoms with E-state index in [1.807, 2.05) is 6.07 Å². The quantitative estimate of drug-likeness (QED) is 0.581. The Balaban J connectivity index is 1.71. The molecule has 0 heterocycles. The molecule has 0 aliphatic heterocycles. The molecule has 30 heavy (non-hydrogen) atoms. The molecule has 4 rings (SSSR count). The van der Waals surface area contributed by atoms with Gasteiger partial charge in [0.25, 0.3) is 10.0 Å². The number of halogens is 1. The van der Waals surface area contributed by atoms with Gasteiger partial charge in [-0.05, 0) is 42.7 Å². The molecule has 6 nitrogen and oxygen atoms in total. The standard InChI is InChI=1S/C22H20BrNO5S/c1-28-18-11-12-20(14-6-4-3-5-13(14)18)30(26,27)24-22(25)16-8-7-15-17(23)9-10-19(29-2)21(15)16/h3-6,9-12,16H,7-8H2,1-2H3,(H,24,25). The fourth-order valence-electron chi connectivity index (χ4n) is 4.04. The molecule has 1 amide bonds. The number of benzene rings is 3. The number of sulfonamides is 1. The predicted molar refractivity (Wildman–Crippen MR) is 118 cm³/mol. The molecule has 1 atom stereocenters. The molecule has 1 aliphatic carbocycles. The fraction of sp³-hybridized carbons (Fsp3) is 0.227. The second-order valence-electron chi connectivity index (χ2n) is 7.01. The van der Waals surface area contributed by atoms with Crippen LogP contribution in [0, 0.1) is 0 Å². The second-order valence-corrected chi connectivity index (χ2v) is 9.52. The highest BCUT2D eigenvalue weighted by Gasteiger charge is 2.35. The van der Waals surface area contributed by atoms with Crippen LogP contribution in [-0.4, -0.2) is 28.5 Å². The second kappa shape index (κ2) is 7.92. The van der Waals surface area contributed by atoms with E-state index in [9.17, 15) is 13.2 Å². The van der Waals surface area contributed by atoms with Crippen molar-refractivity contribution < 1.29 is 22.7 Å². The Bertz CT molecular complexity index is 1260. The average molecular weight is 490 g/mol. The first kappa shape index (κ1) is 20.7. The molecule has 0 fully saturated rings. The Kier molecular flexibility index (Phi) is 5.46. The molecule has 1 N–H and O–H groups in total. The lowest BCUT2D eigenvalue weighted by molar-refractivity contribution is -0.120. The van der Waals surface area contributed by atoms with Crippen LogP contribution in [0.1, 0.15) is 23.5 Å². The van der Waals surface area contributed by atoms with Crippen molar-refractivity contribution in [2.45, 2.75) is 23.7 Å². The number of carbonyl (C=O) groups excluding carboxylic acids is 1. The van der Waals surface area contributed by atoms with Crippen molar-refractivity contribution >= 4 is 42.6 Å². The average Bonchev–Trinajstić information content (AvgIpc) is 3.19. The maximum Gasteiger partial charge on any atom is 0.264 e. The van der Waals surface area contributed by atoms with Crippen LogP contribution >= 0.6 is 15.9 Å². The van der Waals surface area contributed by atoms with Crippen LogP contribution in [0.3, 0.4) is 0 Å². The van der Waals surface area contributed by atoms with Crippen LogP contribution in [0.25, 0.3) is 10.8 Å². The molecule has 0 radical (unpaired) electrons. The zero-order valence-corrected chi connectivity index (χ0v) is 18.8. The van der Waals surface area contributed by atoms with Gasteiger partial charge in [0.1, 0.15) is 11.5 Å². The normalized spacial score (nSPS) is 15.6. The summed E-state index contributed by atoms with van der Waals surface area (Å²) in [5.74, 6) is -0.0230. The number of hydrogen-bond acceptors (Lipinski definition) is 5. The van der Waals surface area contributed by atoms with E-state index < -0.39 is 21.8 Å². The Hall–Kier alpha value is -2.58. The van der Waals surface area contributed by atoms with Crippen molar-refractivity contribution in [1.82, 2.24) is 4.72 Å². The van der Waals surface area contributed by atoms with E-state index in [1.54, 1.807) is 36.4 Å². The maximum absolute atomic E-state index is 13.1. The van der Waals surface area contributed by atoms with Crippen LogP contribution in [0.5, 0.6) is 11.5 Å². The number of fused-ring (bicyclic) bond motifs is 2. The van der Waals surface area contributed by atoms with Gasteiger partial charge in [-0.15, -0.1) is 0 Å². The van der Waals surface area contributed by atoms with Crippen molar-refractivity contribution in [3.63, 3.8) is 0 Å². The van der Waals surface area contributed by atoms with Crippen LogP contribution in [-0.2, 0) is 21.2 Å². The monoisotopic (exact) mass is 489 g/mol.